The van der Waals surface area contributed by atoms with Gasteiger partial charge in [0.25, 0.3) is 0 Å². The fourth-order valence-corrected chi connectivity index (χ4v) is 3.73. The summed E-state index contributed by atoms with van der Waals surface area (Å²) in [6.45, 7) is 0.934. The summed E-state index contributed by atoms with van der Waals surface area (Å²) in [5.41, 5.74) is 9.46. The Morgan fingerprint density at radius 2 is 2.05 bits per heavy atom. The van der Waals surface area contributed by atoms with Crippen LogP contribution in [-0.4, -0.2) is 18.8 Å². The van der Waals surface area contributed by atoms with Crippen molar-refractivity contribution < 1.29 is 4.74 Å². The second-order valence-electron chi connectivity index (χ2n) is 6.15. The van der Waals surface area contributed by atoms with Crippen molar-refractivity contribution in [1.29, 1.82) is 0 Å². The van der Waals surface area contributed by atoms with E-state index in [-0.39, 0.29) is 0 Å². The van der Waals surface area contributed by atoms with Crippen LogP contribution in [0.5, 0.6) is 0 Å². The zero-order valence-electron chi connectivity index (χ0n) is 11.7. The highest BCUT2D eigenvalue weighted by Gasteiger charge is 2.24. The van der Waals surface area contributed by atoms with Gasteiger partial charge in [0.1, 0.15) is 0 Å². The molecular formula is C17H25NO. The van der Waals surface area contributed by atoms with Crippen LogP contribution >= 0.6 is 0 Å². The number of rotatable bonds is 4. The number of aryl methyl sites for hydroxylation is 1. The maximum Gasteiger partial charge on any atom is 0.0590 e. The summed E-state index contributed by atoms with van der Waals surface area (Å²) in [6.07, 6.45) is 8.86. The third-order valence-electron chi connectivity index (χ3n) is 4.67. The van der Waals surface area contributed by atoms with E-state index in [0.29, 0.717) is 18.1 Å². The van der Waals surface area contributed by atoms with Crippen LogP contribution in [0.25, 0.3) is 0 Å². The Kier molecular flexibility index (Phi) is 4.19. The summed E-state index contributed by atoms with van der Waals surface area (Å²) >= 11 is 0. The van der Waals surface area contributed by atoms with Crippen molar-refractivity contribution in [3.8, 4) is 0 Å². The zero-order chi connectivity index (χ0) is 13.1. The molecule has 1 heterocycles. The summed E-state index contributed by atoms with van der Waals surface area (Å²) < 4.78 is 5.70. The topological polar surface area (TPSA) is 35.2 Å². The molecule has 19 heavy (non-hydrogen) atoms. The maximum absolute atomic E-state index is 6.36. The summed E-state index contributed by atoms with van der Waals surface area (Å²) in [6, 6.07) is 9.21. The molecule has 0 bridgehead atoms. The van der Waals surface area contributed by atoms with Crippen LogP contribution in [-0.2, 0) is 11.2 Å². The van der Waals surface area contributed by atoms with Crippen molar-refractivity contribution in [2.45, 2.75) is 63.0 Å². The second-order valence-corrected chi connectivity index (χ2v) is 6.15. The summed E-state index contributed by atoms with van der Waals surface area (Å²) in [5.74, 6) is 0.668. The number of ether oxygens (including phenoxy) is 1. The first-order valence-electron chi connectivity index (χ1n) is 7.78. The molecule has 1 aromatic carbocycles. The average molecular weight is 259 g/mol. The van der Waals surface area contributed by atoms with Gasteiger partial charge >= 0.3 is 0 Å². The fraction of sp³-hybridized carbons (Fsp3) is 0.647. The van der Waals surface area contributed by atoms with Crippen molar-refractivity contribution in [1.82, 2.24) is 0 Å². The Balaban J connectivity index is 1.60. The molecule has 0 aromatic heterocycles. The first-order valence-corrected chi connectivity index (χ1v) is 7.78. The zero-order valence-corrected chi connectivity index (χ0v) is 11.7. The molecule has 3 atom stereocenters. The van der Waals surface area contributed by atoms with Gasteiger partial charge in [-0.3, -0.25) is 0 Å². The molecule has 1 aliphatic carbocycles. The third-order valence-corrected chi connectivity index (χ3v) is 4.67. The molecule has 1 fully saturated rings. The van der Waals surface area contributed by atoms with Gasteiger partial charge < -0.3 is 10.5 Å². The van der Waals surface area contributed by atoms with Crippen LogP contribution < -0.4 is 5.73 Å². The predicted molar refractivity (Wildman–Crippen MR) is 78.3 cm³/mol. The SMILES string of the molecule is NC(CC1CCCO1)CC1CCCc2ccccc21. The molecule has 1 aliphatic heterocycles. The minimum absolute atomic E-state index is 0.291. The van der Waals surface area contributed by atoms with Gasteiger partial charge in [0.15, 0.2) is 0 Å². The third kappa shape index (κ3) is 3.18. The highest BCUT2D eigenvalue weighted by atomic mass is 16.5. The van der Waals surface area contributed by atoms with Gasteiger partial charge in [-0.05, 0) is 62.0 Å². The van der Waals surface area contributed by atoms with Gasteiger partial charge in [0, 0.05) is 12.6 Å². The minimum Gasteiger partial charge on any atom is -0.378 e. The van der Waals surface area contributed by atoms with Crippen LogP contribution in [0.15, 0.2) is 24.3 Å². The van der Waals surface area contributed by atoms with E-state index < -0.39 is 0 Å². The molecule has 0 saturated carbocycles. The second kappa shape index (κ2) is 6.06. The Morgan fingerprint density at radius 3 is 2.89 bits per heavy atom. The number of hydrogen-bond acceptors (Lipinski definition) is 2. The molecule has 0 radical (unpaired) electrons. The normalized spacial score (nSPS) is 28.1. The maximum atomic E-state index is 6.36. The Labute approximate surface area is 116 Å². The number of benzene rings is 1. The number of fused-ring (bicyclic) bond motifs is 1. The van der Waals surface area contributed by atoms with E-state index in [1.165, 1.54) is 32.1 Å². The predicted octanol–water partition coefficient (Wildman–Crippen LogP) is 3.39. The molecule has 2 aliphatic rings. The lowest BCUT2D eigenvalue weighted by Crippen LogP contribution is -2.28. The molecule has 2 N–H and O–H groups in total. The summed E-state index contributed by atoms with van der Waals surface area (Å²) in [5, 5.41) is 0. The lowest BCUT2D eigenvalue weighted by molar-refractivity contribution is 0.0967. The van der Waals surface area contributed by atoms with E-state index in [1.807, 2.05) is 0 Å². The van der Waals surface area contributed by atoms with Crippen LogP contribution in [0.4, 0.5) is 0 Å². The Hall–Kier alpha value is -0.860. The van der Waals surface area contributed by atoms with Crippen LogP contribution in [0.3, 0.4) is 0 Å². The standard InChI is InChI=1S/C17H25NO/c18-15(12-16-8-4-10-19-16)11-14-7-3-6-13-5-1-2-9-17(13)14/h1-2,5,9,14-16H,3-4,6-8,10-12,18H2. The molecule has 104 valence electrons. The van der Waals surface area contributed by atoms with Crippen LogP contribution in [0.1, 0.15) is 55.6 Å². The van der Waals surface area contributed by atoms with Crippen molar-refractivity contribution in [3.05, 3.63) is 35.4 Å². The van der Waals surface area contributed by atoms with Crippen LogP contribution in [0.2, 0.25) is 0 Å². The average Bonchev–Trinajstić information content (AvgIpc) is 2.92. The number of hydrogen-bond donors (Lipinski definition) is 1. The molecular weight excluding hydrogens is 234 g/mol. The first-order chi connectivity index (χ1) is 9.33. The van der Waals surface area contributed by atoms with Crippen molar-refractivity contribution in [2.75, 3.05) is 6.61 Å². The molecule has 1 aromatic rings. The Morgan fingerprint density at radius 1 is 1.16 bits per heavy atom. The van der Waals surface area contributed by atoms with E-state index in [2.05, 4.69) is 24.3 Å². The minimum atomic E-state index is 0.291. The van der Waals surface area contributed by atoms with Gasteiger partial charge in [-0.1, -0.05) is 24.3 Å². The lowest BCUT2D eigenvalue weighted by Gasteiger charge is -2.28. The van der Waals surface area contributed by atoms with Crippen LogP contribution in [0, 0.1) is 0 Å². The molecule has 3 rings (SSSR count). The monoisotopic (exact) mass is 259 g/mol. The molecule has 2 nitrogen and oxygen atoms in total. The van der Waals surface area contributed by atoms with Gasteiger partial charge in [0.05, 0.1) is 6.10 Å². The first kappa shape index (κ1) is 13.1. The molecule has 1 saturated heterocycles. The van der Waals surface area contributed by atoms with E-state index in [1.54, 1.807) is 11.1 Å². The van der Waals surface area contributed by atoms with Crippen molar-refractivity contribution in [3.63, 3.8) is 0 Å². The largest absolute Gasteiger partial charge is 0.378 e. The van der Waals surface area contributed by atoms with Crippen molar-refractivity contribution in [2.24, 2.45) is 5.73 Å². The fourth-order valence-electron chi connectivity index (χ4n) is 3.73. The number of nitrogens with two attached hydrogens (primary N) is 1. The molecule has 3 unspecified atom stereocenters. The van der Waals surface area contributed by atoms with Gasteiger partial charge in [-0.2, -0.15) is 0 Å². The highest BCUT2D eigenvalue weighted by Crippen LogP contribution is 2.35. The Bertz CT molecular complexity index is 411. The van der Waals surface area contributed by atoms with Gasteiger partial charge in [-0.15, -0.1) is 0 Å². The van der Waals surface area contributed by atoms with Gasteiger partial charge in [-0.25, -0.2) is 0 Å². The summed E-state index contributed by atoms with van der Waals surface area (Å²) in [4.78, 5) is 0. The van der Waals surface area contributed by atoms with E-state index in [4.69, 9.17) is 10.5 Å². The van der Waals surface area contributed by atoms with E-state index in [9.17, 15) is 0 Å². The quantitative estimate of drug-likeness (QED) is 0.899. The van der Waals surface area contributed by atoms with E-state index in [0.717, 1.165) is 19.4 Å². The summed E-state index contributed by atoms with van der Waals surface area (Å²) in [7, 11) is 0. The van der Waals surface area contributed by atoms with Crippen molar-refractivity contribution >= 4 is 0 Å². The highest BCUT2D eigenvalue weighted by molar-refractivity contribution is 5.32. The molecule has 0 spiro atoms. The molecule has 0 amide bonds. The molecule has 2 heteroatoms. The van der Waals surface area contributed by atoms with Gasteiger partial charge in [0.2, 0.25) is 0 Å². The smallest absolute Gasteiger partial charge is 0.0590 e. The van der Waals surface area contributed by atoms with E-state index >= 15 is 0 Å². The lowest BCUT2D eigenvalue weighted by atomic mass is 9.79.